The molecule has 2 radical (unpaired) electrons. The Morgan fingerprint density at radius 2 is 1.74 bits per heavy atom. The molecule has 1 fully saturated rings. The third-order valence-corrected chi connectivity index (χ3v) is 8.42. The molecule has 2 amide bonds. The number of rotatable bonds is 15. The van der Waals surface area contributed by atoms with Crippen LogP contribution in [0.3, 0.4) is 0 Å². The van der Waals surface area contributed by atoms with Gasteiger partial charge in [0.1, 0.15) is 33.5 Å². The Kier molecular flexibility index (Phi) is 11.7. The van der Waals surface area contributed by atoms with Crippen molar-refractivity contribution in [2.24, 2.45) is 0 Å². The minimum absolute atomic E-state index is 0.109. The average molecular weight is 545 g/mol. The van der Waals surface area contributed by atoms with Crippen molar-refractivity contribution < 1.29 is 32.8 Å². The number of hydrogen-bond acceptors (Lipinski definition) is 8. The van der Waals surface area contributed by atoms with Crippen LogP contribution in [0.15, 0.2) is 24.3 Å². The molecular formula is C26H37BN3O7P. The van der Waals surface area contributed by atoms with E-state index in [9.17, 15) is 9.59 Å². The summed E-state index contributed by atoms with van der Waals surface area (Å²) in [4.78, 5) is 29.6. The number of carbonyl (C=O) groups excluding carboxylic acids is 2. The molecule has 3 rings (SSSR count). The summed E-state index contributed by atoms with van der Waals surface area (Å²) >= 11 is 0. The lowest BCUT2D eigenvalue weighted by Gasteiger charge is -2.38. The Bertz CT molecular complexity index is 949. The number of hydrogen-bond donors (Lipinski definition) is 0. The minimum atomic E-state index is -1.51. The lowest BCUT2D eigenvalue weighted by atomic mass is 9.92. The van der Waals surface area contributed by atoms with Crippen molar-refractivity contribution in [3.8, 4) is 0 Å². The molecule has 10 nitrogen and oxygen atoms in total. The zero-order chi connectivity index (χ0) is 27.8. The molecule has 0 aromatic heterocycles. The van der Waals surface area contributed by atoms with E-state index in [0.717, 1.165) is 0 Å². The highest BCUT2D eigenvalue weighted by Gasteiger charge is 2.46. The number of nitrogens with zero attached hydrogens (tertiary/aromatic N) is 3. The van der Waals surface area contributed by atoms with Gasteiger partial charge in [-0.1, -0.05) is 19.1 Å². The smallest absolute Gasteiger partial charge is 0.261 e. The van der Waals surface area contributed by atoms with E-state index in [2.05, 4.69) is 37.2 Å². The third kappa shape index (κ3) is 7.19. The van der Waals surface area contributed by atoms with Crippen molar-refractivity contribution in [1.82, 2.24) is 9.57 Å². The highest BCUT2D eigenvalue weighted by molar-refractivity contribution is 7.44. The van der Waals surface area contributed by atoms with Crippen molar-refractivity contribution in [2.45, 2.75) is 77.4 Å². The molecule has 0 N–H and O–H groups in total. The van der Waals surface area contributed by atoms with Gasteiger partial charge in [-0.3, -0.25) is 14.5 Å². The van der Waals surface area contributed by atoms with Crippen LogP contribution in [0.4, 0.5) is 0 Å². The SMILES string of the molecule is [B][C@@H]1O[C@H](CC)[C@H](OP(OCC[N+]#[C-])N(C(C)C)C(C)C)C1OCOCCN1C(=O)c2ccccc2C1=O. The van der Waals surface area contributed by atoms with Crippen molar-refractivity contribution in [3.05, 3.63) is 46.8 Å². The third-order valence-electron chi connectivity index (χ3n) is 6.29. The van der Waals surface area contributed by atoms with Crippen LogP contribution < -0.4 is 0 Å². The summed E-state index contributed by atoms with van der Waals surface area (Å²) in [6, 6.07) is 6.32. The van der Waals surface area contributed by atoms with Crippen LogP contribution in [0, 0.1) is 6.57 Å². The first-order valence-corrected chi connectivity index (χ1v) is 14.1. The molecule has 1 aromatic rings. The van der Waals surface area contributed by atoms with Gasteiger partial charge in [0.2, 0.25) is 6.54 Å². The summed E-state index contributed by atoms with van der Waals surface area (Å²) in [5, 5.41) is 0. The number of fused-ring (bicyclic) bond motifs is 1. The van der Waals surface area contributed by atoms with Crippen molar-refractivity contribution in [2.75, 3.05) is 33.1 Å². The first-order valence-electron chi connectivity index (χ1n) is 13.0. The van der Waals surface area contributed by atoms with Gasteiger partial charge in [0.15, 0.2) is 0 Å². The Morgan fingerprint density at radius 3 is 2.29 bits per heavy atom. The number of ether oxygens (including phenoxy) is 3. The first-order chi connectivity index (χ1) is 18.2. The highest BCUT2D eigenvalue weighted by Crippen LogP contribution is 2.49. The summed E-state index contributed by atoms with van der Waals surface area (Å²) in [7, 11) is 4.75. The van der Waals surface area contributed by atoms with E-state index in [-0.39, 0.29) is 63.1 Å². The van der Waals surface area contributed by atoms with Crippen molar-refractivity contribution >= 4 is 28.2 Å². The van der Waals surface area contributed by atoms with Gasteiger partial charge in [0, 0.05) is 18.1 Å². The van der Waals surface area contributed by atoms with Crippen LogP contribution in [0.1, 0.15) is 61.8 Å². The quantitative estimate of drug-likeness (QED) is 0.0825. The van der Waals surface area contributed by atoms with E-state index in [4.69, 9.17) is 37.7 Å². The Morgan fingerprint density at radius 1 is 1.11 bits per heavy atom. The number of imide groups is 1. The van der Waals surface area contributed by atoms with Crippen LogP contribution in [-0.2, 0) is 23.3 Å². The first kappa shape index (κ1) is 30.6. The standard InChI is InChI=1S/C26H37BN3O7P/c1-7-21-22(37-38(35-14-12-28-6)30(17(2)3)18(4)5)23(24(27)36-21)34-16-33-15-13-29-25(31)19-10-8-9-11-20(19)26(29)32/h8-11,17-18,21-24H,7,12-16H2,1-5H3/t21-,22+,23?,24-,38?/m1/s1. The van der Waals surface area contributed by atoms with E-state index in [0.29, 0.717) is 17.5 Å². The van der Waals surface area contributed by atoms with Gasteiger partial charge in [0.05, 0.1) is 30.4 Å². The summed E-state index contributed by atoms with van der Waals surface area (Å²) in [6.45, 7) is 17.9. The largest absolute Gasteiger partial charge is 0.379 e. The van der Waals surface area contributed by atoms with E-state index in [1.54, 1.807) is 24.3 Å². The molecule has 38 heavy (non-hydrogen) atoms. The van der Waals surface area contributed by atoms with Gasteiger partial charge >= 0.3 is 0 Å². The number of benzene rings is 1. The predicted octanol–water partition coefficient (Wildman–Crippen LogP) is 3.61. The van der Waals surface area contributed by atoms with E-state index >= 15 is 0 Å². The van der Waals surface area contributed by atoms with Crippen LogP contribution >= 0.6 is 8.53 Å². The number of carbonyl (C=O) groups is 2. The number of amides is 2. The van der Waals surface area contributed by atoms with E-state index in [1.807, 2.05) is 6.92 Å². The maximum absolute atomic E-state index is 12.5. The fourth-order valence-corrected chi connectivity index (χ4v) is 6.34. The summed E-state index contributed by atoms with van der Waals surface area (Å²) in [6.07, 6.45) is -0.763. The highest BCUT2D eigenvalue weighted by atomic mass is 31.2. The summed E-state index contributed by atoms with van der Waals surface area (Å²) < 4.78 is 32.2. The molecule has 1 aromatic carbocycles. The predicted molar refractivity (Wildman–Crippen MR) is 144 cm³/mol. The molecule has 2 aliphatic heterocycles. The molecule has 12 heteroatoms. The molecule has 2 heterocycles. The molecule has 0 bridgehead atoms. The van der Waals surface area contributed by atoms with E-state index in [1.165, 1.54) is 4.90 Å². The summed E-state index contributed by atoms with van der Waals surface area (Å²) in [5.41, 5.74) is 0.806. The van der Waals surface area contributed by atoms with Gasteiger partial charge in [-0.05, 0) is 46.2 Å². The van der Waals surface area contributed by atoms with Crippen LogP contribution in [0.25, 0.3) is 4.85 Å². The van der Waals surface area contributed by atoms with Gasteiger partial charge in [0.25, 0.3) is 20.3 Å². The van der Waals surface area contributed by atoms with E-state index < -0.39 is 26.7 Å². The maximum atomic E-state index is 12.5. The van der Waals surface area contributed by atoms with Gasteiger partial charge in [-0.2, -0.15) is 0 Å². The monoisotopic (exact) mass is 545 g/mol. The van der Waals surface area contributed by atoms with Gasteiger partial charge in [-0.15, -0.1) is 0 Å². The molecule has 206 valence electrons. The Hall–Kier alpha value is -1.90. The maximum Gasteiger partial charge on any atom is 0.261 e. The van der Waals surface area contributed by atoms with Gasteiger partial charge < -0.3 is 28.1 Å². The van der Waals surface area contributed by atoms with Crippen molar-refractivity contribution in [3.63, 3.8) is 0 Å². The molecule has 5 atom stereocenters. The minimum Gasteiger partial charge on any atom is -0.379 e. The second-order valence-corrected chi connectivity index (χ2v) is 11.0. The molecule has 2 aliphatic rings. The average Bonchev–Trinajstić information content (AvgIpc) is 3.31. The van der Waals surface area contributed by atoms with Crippen LogP contribution in [0.2, 0.25) is 0 Å². The van der Waals surface area contributed by atoms with Crippen LogP contribution in [-0.4, -0.2) is 98.7 Å². The zero-order valence-electron chi connectivity index (χ0n) is 22.7. The molecule has 0 spiro atoms. The molecule has 0 aliphatic carbocycles. The molecule has 2 unspecified atom stereocenters. The van der Waals surface area contributed by atoms with Crippen LogP contribution in [0.5, 0.6) is 0 Å². The van der Waals surface area contributed by atoms with Crippen molar-refractivity contribution in [1.29, 1.82) is 0 Å². The fraction of sp³-hybridized carbons (Fsp3) is 0.654. The zero-order valence-corrected chi connectivity index (χ0v) is 23.6. The normalized spacial score (nSPS) is 24.0. The second kappa shape index (κ2) is 14.5. The molecule has 0 saturated carbocycles. The fourth-order valence-electron chi connectivity index (χ4n) is 4.58. The van der Waals surface area contributed by atoms with Gasteiger partial charge in [-0.25, -0.2) is 11.2 Å². The Labute approximate surface area is 228 Å². The molecule has 1 saturated heterocycles. The second-order valence-electron chi connectivity index (χ2n) is 9.60. The lowest BCUT2D eigenvalue weighted by Crippen LogP contribution is -2.41. The topological polar surface area (TPSA) is 91.1 Å². The summed E-state index contributed by atoms with van der Waals surface area (Å²) in [5.74, 6) is -0.654. The molecular weight excluding hydrogens is 508 g/mol. The lowest BCUT2D eigenvalue weighted by molar-refractivity contribution is -0.115. The Balaban J connectivity index is 1.58.